The molecule has 0 spiro atoms. The molecule has 3 heterocycles. The van der Waals surface area contributed by atoms with Crippen LogP contribution < -0.4 is 5.32 Å². The van der Waals surface area contributed by atoms with Crippen LogP contribution >= 0.6 is 0 Å². The molecular formula is C19H27N7O2. The third kappa shape index (κ3) is 3.65. The van der Waals surface area contributed by atoms with Crippen molar-refractivity contribution in [3.05, 3.63) is 29.3 Å². The SMILES string of the molecule is Cc1c(C(=O)N2CCC[C@H]2Cn2cc(C(=O)NC3CCCC3)nn2)cnn1C. The number of aryl methyl sites for hydroxylation is 1. The summed E-state index contributed by atoms with van der Waals surface area (Å²) in [4.78, 5) is 27.2. The zero-order valence-electron chi connectivity index (χ0n) is 16.5. The minimum Gasteiger partial charge on any atom is -0.348 e. The van der Waals surface area contributed by atoms with Gasteiger partial charge in [0, 0.05) is 25.3 Å². The number of carbonyl (C=O) groups is 2. The van der Waals surface area contributed by atoms with E-state index < -0.39 is 0 Å². The van der Waals surface area contributed by atoms with E-state index in [9.17, 15) is 9.59 Å². The molecule has 0 aromatic carbocycles. The third-order valence-corrected chi connectivity index (χ3v) is 5.96. The van der Waals surface area contributed by atoms with E-state index in [1.807, 2.05) is 18.9 Å². The van der Waals surface area contributed by atoms with E-state index in [4.69, 9.17) is 0 Å². The van der Waals surface area contributed by atoms with Crippen LogP contribution in [0.3, 0.4) is 0 Å². The first-order chi connectivity index (χ1) is 13.5. The van der Waals surface area contributed by atoms with E-state index in [2.05, 4.69) is 20.7 Å². The minimum absolute atomic E-state index is 0.00687. The van der Waals surface area contributed by atoms with Crippen molar-refractivity contribution >= 4 is 11.8 Å². The highest BCUT2D eigenvalue weighted by atomic mass is 16.2. The maximum absolute atomic E-state index is 13.0. The van der Waals surface area contributed by atoms with Crippen LogP contribution in [-0.4, -0.2) is 60.1 Å². The zero-order chi connectivity index (χ0) is 19.7. The largest absolute Gasteiger partial charge is 0.348 e. The zero-order valence-corrected chi connectivity index (χ0v) is 16.5. The van der Waals surface area contributed by atoms with Crippen molar-refractivity contribution in [3.8, 4) is 0 Å². The van der Waals surface area contributed by atoms with Crippen molar-refractivity contribution in [1.29, 1.82) is 0 Å². The number of carbonyl (C=O) groups excluding carboxylic acids is 2. The molecule has 9 nitrogen and oxygen atoms in total. The molecule has 2 amide bonds. The van der Waals surface area contributed by atoms with Gasteiger partial charge in [0.2, 0.25) is 0 Å². The van der Waals surface area contributed by atoms with Crippen molar-refractivity contribution < 1.29 is 9.59 Å². The molecule has 0 radical (unpaired) electrons. The summed E-state index contributed by atoms with van der Waals surface area (Å²) in [5.41, 5.74) is 1.85. The molecule has 1 N–H and O–H groups in total. The topological polar surface area (TPSA) is 97.9 Å². The van der Waals surface area contributed by atoms with Gasteiger partial charge in [-0.3, -0.25) is 14.3 Å². The molecule has 150 valence electrons. The van der Waals surface area contributed by atoms with E-state index in [1.54, 1.807) is 21.8 Å². The number of rotatable bonds is 5. The quantitative estimate of drug-likeness (QED) is 0.836. The van der Waals surface area contributed by atoms with Gasteiger partial charge in [-0.25, -0.2) is 4.68 Å². The lowest BCUT2D eigenvalue weighted by Gasteiger charge is -2.24. The molecule has 2 aliphatic rings. The minimum atomic E-state index is -0.163. The van der Waals surface area contributed by atoms with Crippen LogP contribution in [0.2, 0.25) is 0 Å². The Balaban J connectivity index is 1.40. The lowest BCUT2D eigenvalue weighted by Crippen LogP contribution is -2.38. The van der Waals surface area contributed by atoms with Crippen molar-refractivity contribution in [2.75, 3.05) is 6.54 Å². The first-order valence-corrected chi connectivity index (χ1v) is 10.0. The van der Waals surface area contributed by atoms with Gasteiger partial charge in [-0.05, 0) is 32.6 Å². The summed E-state index contributed by atoms with van der Waals surface area (Å²) in [5.74, 6) is -0.157. The average molecular weight is 385 g/mol. The first kappa shape index (κ1) is 18.6. The number of aromatic nitrogens is 5. The summed E-state index contributed by atoms with van der Waals surface area (Å²) in [5, 5.41) is 15.4. The van der Waals surface area contributed by atoms with E-state index in [-0.39, 0.29) is 23.9 Å². The van der Waals surface area contributed by atoms with Crippen LogP contribution in [0.5, 0.6) is 0 Å². The van der Waals surface area contributed by atoms with Gasteiger partial charge in [-0.2, -0.15) is 5.10 Å². The van der Waals surface area contributed by atoms with E-state index in [1.165, 1.54) is 12.8 Å². The van der Waals surface area contributed by atoms with Crippen LogP contribution in [0.15, 0.2) is 12.4 Å². The number of hydrogen-bond acceptors (Lipinski definition) is 5. The Labute approximate surface area is 164 Å². The Kier molecular flexibility index (Phi) is 5.15. The molecule has 0 bridgehead atoms. The van der Waals surface area contributed by atoms with Crippen LogP contribution in [0.1, 0.15) is 65.1 Å². The number of nitrogens with one attached hydrogen (secondary N) is 1. The van der Waals surface area contributed by atoms with Gasteiger partial charge in [0.05, 0.1) is 30.5 Å². The number of likely N-dealkylation sites (tertiary alicyclic amines) is 1. The molecule has 1 atom stereocenters. The van der Waals surface area contributed by atoms with Gasteiger partial charge in [0.1, 0.15) is 0 Å². The van der Waals surface area contributed by atoms with E-state index in [0.29, 0.717) is 17.8 Å². The predicted molar refractivity (Wildman–Crippen MR) is 102 cm³/mol. The summed E-state index contributed by atoms with van der Waals surface area (Å²) in [6.45, 7) is 3.16. The fraction of sp³-hybridized carbons (Fsp3) is 0.632. The van der Waals surface area contributed by atoms with Gasteiger partial charge in [0.15, 0.2) is 5.69 Å². The molecule has 1 saturated heterocycles. The second-order valence-electron chi connectivity index (χ2n) is 7.84. The van der Waals surface area contributed by atoms with Crippen LogP contribution in [0.4, 0.5) is 0 Å². The fourth-order valence-corrected chi connectivity index (χ4v) is 4.19. The highest BCUT2D eigenvalue weighted by molar-refractivity contribution is 5.95. The lowest BCUT2D eigenvalue weighted by molar-refractivity contribution is 0.0720. The maximum Gasteiger partial charge on any atom is 0.273 e. The second kappa shape index (κ2) is 7.73. The third-order valence-electron chi connectivity index (χ3n) is 5.96. The van der Waals surface area contributed by atoms with Gasteiger partial charge in [0.25, 0.3) is 11.8 Å². The smallest absolute Gasteiger partial charge is 0.273 e. The molecule has 1 saturated carbocycles. The maximum atomic E-state index is 13.0. The van der Waals surface area contributed by atoms with Crippen LogP contribution in [-0.2, 0) is 13.6 Å². The number of amides is 2. The molecular weight excluding hydrogens is 358 g/mol. The molecule has 28 heavy (non-hydrogen) atoms. The molecule has 1 aliphatic heterocycles. The van der Waals surface area contributed by atoms with Crippen LogP contribution in [0.25, 0.3) is 0 Å². The van der Waals surface area contributed by atoms with Gasteiger partial charge in [-0.1, -0.05) is 18.1 Å². The molecule has 2 aromatic rings. The Morgan fingerprint density at radius 3 is 2.71 bits per heavy atom. The Morgan fingerprint density at radius 1 is 1.21 bits per heavy atom. The van der Waals surface area contributed by atoms with Crippen molar-refractivity contribution in [1.82, 2.24) is 35.0 Å². The number of hydrogen-bond donors (Lipinski definition) is 1. The summed E-state index contributed by atoms with van der Waals surface area (Å²) < 4.78 is 3.39. The summed E-state index contributed by atoms with van der Waals surface area (Å²) in [6.07, 6.45) is 9.58. The predicted octanol–water partition coefficient (Wildman–Crippen LogP) is 1.30. The highest BCUT2D eigenvalue weighted by Gasteiger charge is 2.31. The Hall–Kier alpha value is -2.71. The highest BCUT2D eigenvalue weighted by Crippen LogP contribution is 2.23. The summed E-state index contributed by atoms with van der Waals surface area (Å²) >= 11 is 0. The monoisotopic (exact) mass is 385 g/mol. The molecule has 0 unspecified atom stereocenters. The van der Waals surface area contributed by atoms with Crippen molar-refractivity contribution in [2.24, 2.45) is 7.05 Å². The van der Waals surface area contributed by atoms with Gasteiger partial charge >= 0.3 is 0 Å². The summed E-state index contributed by atoms with van der Waals surface area (Å²) in [6, 6.07) is 0.294. The fourth-order valence-electron chi connectivity index (χ4n) is 4.19. The summed E-state index contributed by atoms with van der Waals surface area (Å²) in [7, 11) is 1.83. The molecule has 1 aliphatic carbocycles. The van der Waals surface area contributed by atoms with Crippen molar-refractivity contribution in [3.63, 3.8) is 0 Å². The molecule has 9 heteroatoms. The van der Waals surface area contributed by atoms with Crippen molar-refractivity contribution in [2.45, 2.75) is 64.1 Å². The Bertz CT molecular complexity index is 866. The second-order valence-corrected chi connectivity index (χ2v) is 7.84. The standard InChI is InChI=1S/C19H27N7O2/c1-13-16(10-20-24(13)2)19(28)26-9-5-8-15(26)11-25-12-17(22-23-25)18(27)21-14-6-3-4-7-14/h10,12,14-15H,3-9,11H2,1-2H3,(H,21,27)/t15-/m0/s1. The molecule has 2 fully saturated rings. The normalized spacial score (nSPS) is 20.1. The van der Waals surface area contributed by atoms with Gasteiger partial charge in [-0.15, -0.1) is 5.10 Å². The lowest BCUT2D eigenvalue weighted by atomic mass is 10.2. The van der Waals surface area contributed by atoms with Gasteiger partial charge < -0.3 is 10.2 Å². The van der Waals surface area contributed by atoms with E-state index >= 15 is 0 Å². The van der Waals surface area contributed by atoms with Crippen LogP contribution in [0, 0.1) is 6.92 Å². The first-order valence-electron chi connectivity index (χ1n) is 10.0. The van der Waals surface area contributed by atoms with E-state index in [0.717, 1.165) is 37.9 Å². The number of nitrogens with zero attached hydrogens (tertiary/aromatic N) is 6. The average Bonchev–Trinajstić information content (AvgIpc) is 3.45. The molecule has 4 rings (SSSR count). The molecule has 2 aromatic heterocycles. The Morgan fingerprint density at radius 2 is 2.00 bits per heavy atom.